The highest BCUT2D eigenvalue weighted by Gasteiger charge is 2.14. The molecule has 4 aromatic rings. The van der Waals surface area contributed by atoms with E-state index in [-0.39, 0.29) is 17.9 Å². The van der Waals surface area contributed by atoms with E-state index >= 15 is 0 Å². The molecule has 1 aromatic heterocycles. The Labute approximate surface area is 208 Å². The molecule has 0 unspecified atom stereocenters. The quantitative estimate of drug-likeness (QED) is 0.289. The maximum absolute atomic E-state index is 14.9. The largest absolute Gasteiger partial charge is 0.493 e. The van der Waals surface area contributed by atoms with E-state index < -0.39 is 5.82 Å². The molecule has 0 radical (unpaired) electrons. The first-order valence-electron chi connectivity index (χ1n) is 11.0. The van der Waals surface area contributed by atoms with E-state index in [0.29, 0.717) is 51.5 Å². The number of fused-ring (bicyclic) bond motifs is 1. The molecule has 0 aliphatic carbocycles. The first-order valence-corrected chi connectivity index (χ1v) is 11.4. The summed E-state index contributed by atoms with van der Waals surface area (Å²) >= 11 is 5.41. The number of aromatic nitrogens is 2. The summed E-state index contributed by atoms with van der Waals surface area (Å²) in [4.78, 5) is 21.4. The molecule has 0 spiro atoms. The molecule has 178 valence electrons. The molecule has 0 aliphatic rings. The van der Waals surface area contributed by atoms with Crippen LogP contribution in [0.25, 0.3) is 10.9 Å². The topological polar surface area (TPSA) is 73.3 Å². The predicted octanol–water partition coefficient (Wildman–Crippen LogP) is 5.64. The number of hydrogen-bond donors (Lipinski definition) is 1. The molecule has 1 N–H and O–H groups in total. The van der Waals surface area contributed by atoms with Crippen LogP contribution in [0, 0.1) is 5.82 Å². The average Bonchev–Trinajstić information content (AvgIpc) is 2.85. The van der Waals surface area contributed by atoms with Gasteiger partial charge in [-0.05, 0) is 29.3 Å². The molecular weight excluding hydrogens is 465 g/mol. The molecule has 0 fully saturated rings. The second-order valence-corrected chi connectivity index (χ2v) is 8.56. The highest BCUT2D eigenvalue weighted by molar-refractivity contribution is 7.80. The number of nitrogens with zero attached hydrogens (tertiary/aromatic N) is 2. The van der Waals surface area contributed by atoms with E-state index in [4.69, 9.17) is 21.7 Å². The number of thiocarbonyl (C=S) groups is 1. The van der Waals surface area contributed by atoms with Crippen LogP contribution in [0.1, 0.15) is 17.5 Å². The van der Waals surface area contributed by atoms with Crippen molar-refractivity contribution in [3.63, 3.8) is 0 Å². The number of benzene rings is 3. The number of rotatable bonds is 10. The van der Waals surface area contributed by atoms with Crippen LogP contribution in [-0.4, -0.2) is 34.8 Å². The fraction of sp³-hybridized carbons (Fsp3) is 0.185. The molecule has 0 bridgehead atoms. The van der Waals surface area contributed by atoms with Gasteiger partial charge in [-0.3, -0.25) is 4.79 Å². The van der Waals surface area contributed by atoms with Crippen molar-refractivity contribution in [2.75, 3.05) is 19.5 Å². The van der Waals surface area contributed by atoms with Crippen molar-refractivity contribution >= 4 is 45.3 Å². The van der Waals surface area contributed by atoms with E-state index in [0.717, 1.165) is 5.56 Å². The van der Waals surface area contributed by atoms with Crippen LogP contribution >= 0.6 is 12.2 Å². The molecule has 0 amide bonds. The number of carbonyl (C=O) groups excluding carboxylic acids is 1. The summed E-state index contributed by atoms with van der Waals surface area (Å²) < 4.78 is 25.6. The van der Waals surface area contributed by atoms with Crippen molar-refractivity contribution in [1.82, 2.24) is 9.97 Å². The fourth-order valence-electron chi connectivity index (χ4n) is 3.78. The van der Waals surface area contributed by atoms with Crippen molar-refractivity contribution < 1.29 is 18.7 Å². The Morgan fingerprint density at radius 1 is 0.943 bits per heavy atom. The number of hydrogen-bond acceptors (Lipinski definition) is 7. The molecule has 0 atom stereocenters. The van der Waals surface area contributed by atoms with E-state index in [1.54, 1.807) is 38.5 Å². The van der Waals surface area contributed by atoms with E-state index in [9.17, 15) is 9.18 Å². The first-order chi connectivity index (χ1) is 17.0. The molecule has 1 heterocycles. The van der Waals surface area contributed by atoms with Gasteiger partial charge in [-0.15, -0.1) is 0 Å². The number of anilines is 2. The van der Waals surface area contributed by atoms with Gasteiger partial charge in [-0.25, -0.2) is 14.4 Å². The van der Waals surface area contributed by atoms with Gasteiger partial charge in [0, 0.05) is 35.6 Å². The van der Waals surface area contributed by atoms with E-state index in [2.05, 4.69) is 15.3 Å². The smallest absolute Gasteiger partial charge is 0.162 e. The van der Waals surface area contributed by atoms with Gasteiger partial charge in [0.05, 0.1) is 25.4 Å². The van der Waals surface area contributed by atoms with Gasteiger partial charge in [0.1, 0.15) is 23.7 Å². The Balaban J connectivity index is 1.45. The van der Waals surface area contributed by atoms with Gasteiger partial charge in [-0.1, -0.05) is 48.6 Å². The highest BCUT2D eigenvalue weighted by Crippen LogP contribution is 2.34. The van der Waals surface area contributed by atoms with Crippen LogP contribution in [0.3, 0.4) is 0 Å². The minimum absolute atomic E-state index is 0.0441. The molecule has 0 saturated heterocycles. The maximum Gasteiger partial charge on any atom is 0.162 e. The molecule has 0 saturated carbocycles. The molecular formula is C27H24FN3O3S. The Bertz CT molecular complexity index is 1380. The monoisotopic (exact) mass is 489 g/mol. The van der Waals surface area contributed by atoms with E-state index in [1.165, 1.54) is 12.4 Å². The SMILES string of the molecule is COc1cc2ncnc(Nc3ccc(CC(=S)CC(=O)Cc4ccccc4)cc3F)c2cc1OC. The minimum atomic E-state index is -0.451. The Kier molecular flexibility index (Phi) is 7.62. The lowest BCUT2D eigenvalue weighted by atomic mass is 10.0. The molecule has 3 aromatic carbocycles. The van der Waals surface area contributed by atoms with Crippen molar-refractivity contribution in [2.24, 2.45) is 0 Å². The van der Waals surface area contributed by atoms with Gasteiger partial charge < -0.3 is 14.8 Å². The Hall–Kier alpha value is -3.91. The summed E-state index contributed by atoms with van der Waals surface area (Å²) in [7, 11) is 3.09. The van der Waals surface area contributed by atoms with Crippen molar-refractivity contribution in [3.05, 3.63) is 83.9 Å². The lowest BCUT2D eigenvalue weighted by Gasteiger charge is -2.13. The van der Waals surface area contributed by atoms with Crippen LogP contribution in [0.4, 0.5) is 15.9 Å². The summed E-state index contributed by atoms with van der Waals surface area (Å²) in [5, 5.41) is 3.69. The number of carbonyl (C=O) groups is 1. The van der Waals surface area contributed by atoms with Gasteiger partial charge in [0.25, 0.3) is 0 Å². The second-order valence-electron chi connectivity index (χ2n) is 7.98. The van der Waals surface area contributed by atoms with Gasteiger partial charge >= 0.3 is 0 Å². The second kappa shape index (κ2) is 11.0. The third-order valence-corrected chi connectivity index (χ3v) is 5.76. The zero-order chi connectivity index (χ0) is 24.8. The summed E-state index contributed by atoms with van der Waals surface area (Å²) in [6.45, 7) is 0. The summed E-state index contributed by atoms with van der Waals surface area (Å²) in [6.07, 6.45) is 2.26. The standard InChI is InChI=1S/C27H24FN3O3S/c1-33-25-14-21-24(15-26(25)34-2)29-16-30-27(21)31-23-9-8-18(12-22(23)28)11-20(35)13-19(32)10-17-6-4-3-5-7-17/h3-9,12,14-16H,10-11,13H2,1-2H3,(H,29,30,31). The first kappa shape index (κ1) is 24.2. The average molecular weight is 490 g/mol. The third-order valence-electron chi connectivity index (χ3n) is 5.47. The normalized spacial score (nSPS) is 10.7. The van der Waals surface area contributed by atoms with Crippen LogP contribution in [0.2, 0.25) is 0 Å². The van der Waals surface area contributed by atoms with Crippen LogP contribution in [0.5, 0.6) is 11.5 Å². The van der Waals surface area contributed by atoms with Crippen molar-refractivity contribution in [2.45, 2.75) is 19.3 Å². The fourth-order valence-corrected chi connectivity index (χ4v) is 4.10. The van der Waals surface area contributed by atoms with Gasteiger partial charge in [-0.2, -0.15) is 0 Å². The zero-order valence-electron chi connectivity index (χ0n) is 19.4. The van der Waals surface area contributed by atoms with Crippen molar-refractivity contribution in [3.8, 4) is 11.5 Å². The number of halogens is 1. The zero-order valence-corrected chi connectivity index (χ0v) is 20.2. The minimum Gasteiger partial charge on any atom is -0.493 e. The van der Waals surface area contributed by atoms with Gasteiger partial charge in [0.15, 0.2) is 11.5 Å². The highest BCUT2D eigenvalue weighted by atomic mass is 32.1. The molecule has 8 heteroatoms. The van der Waals surface area contributed by atoms with Crippen molar-refractivity contribution in [1.29, 1.82) is 0 Å². The lowest BCUT2D eigenvalue weighted by Crippen LogP contribution is -2.11. The molecule has 35 heavy (non-hydrogen) atoms. The van der Waals surface area contributed by atoms with E-state index in [1.807, 2.05) is 30.3 Å². The third kappa shape index (κ3) is 5.96. The molecule has 4 rings (SSSR count). The maximum atomic E-state index is 14.9. The predicted molar refractivity (Wildman–Crippen MR) is 138 cm³/mol. The number of ether oxygens (including phenoxy) is 2. The Morgan fingerprint density at radius 2 is 1.69 bits per heavy atom. The van der Waals surface area contributed by atoms with Gasteiger partial charge in [0.2, 0.25) is 0 Å². The number of methoxy groups -OCH3 is 2. The summed E-state index contributed by atoms with van der Waals surface area (Å²) in [5.74, 6) is 1.09. The summed E-state index contributed by atoms with van der Waals surface area (Å²) in [6, 6.07) is 17.9. The number of ketones is 1. The number of nitrogens with one attached hydrogen (secondary N) is 1. The Morgan fingerprint density at radius 3 is 2.40 bits per heavy atom. The summed E-state index contributed by atoms with van der Waals surface area (Å²) in [5.41, 5.74) is 2.54. The van der Waals surface area contributed by atoms with Crippen LogP contribution in [0.15, 0.2) is 67.0 Å². The number of Topliss-reactive ketones (excluding diaryl/α,β-unsaturated/α-hetero) is 1. The van der Waals surface area contributed by atoms with Crippen LogP contribution in [-0.2, 0) is 17.6 Å². The molecule has 0 aliphatic heterocycles. The lowest BCUT2D eigenvalue weighted by molar-refractivity contribution is -0.117. The molecule has 6 nitrogen and oxygen atoms in total. The van der Waals surface area contributed by atoms with Crippen LogP contribution < -0.4 is 14.8 Å².